The maximum atomic E-state index is 10.9. The predicted molar refractivity (Wildman–Crippen MR) is 67.7 cm³/mol. The van der Waals surface area contributed by atoms with Crippen LogP contribution in [0.3, 0.4) is 0 Å². The summed E-state index contributed by atoms with van der Waals surface area (Å²) in [6.45, 7) is 2.10. The third-order valence-electron chi connectivity index (χ3n) is 2.58. The third kappa shape index (κ3) is 2.72. The van der Waals surface area contributed by atoms with Crippen LogP contribution in [0.4, 0.5) is 0 Å². The van der Waals surface area contributed by atoms with Gasteiger partial charge in [0.25, 0.3) is 0 Å². The molecule has 0 spiro atoms. The summed E-state index contributed by atoms with van der Waals surface area (Å²) in [5, 5.41) is 0. The Morgan fingerprint density at radius 2 is 1.94 bits per heavy atom. The van der Waals surface area contributed by atoms with Crippen LogP contribution in [-0.4, -0.2) is 6.29 Å². The molecule has 0 radical (unpaired) electrons. The van der Waals surface area contributed by atoms with Crippen LogP contribution in [0.5, 0.6) is 11.5 Å². The third-order valence-corrected chi connectivity index (χ3v) is 2.58. The minimum absolute atomic E-state index is 0.564. The molecule has 2 rings (SSSR count). The van der Waals surface area contributed by atoms with E-state index in [1.807, 2.05) is 30.3 Å². The van der Waals surface area contributed by atoms with Crippen LogP contribution >= 0.6 is 0 Å². The zero-order valence-corrected chi connectivity index (χ0v) is 9.72. The van der Waals surface area contributed by atoms with E-state index in [4.69, 9.17) is 4.74 Å². The van der Waals surface area contributed by atoms with Gasteiger partial charge in [0.2, 0.25) is 0 Å². The molecule has 0 unspecified atom stereocenters. The summed E-state index contributed by atoms with van der Waals surface area (Å²) in [6.07, 6.45) is 1.77. The summed E-state index contributed by atoms with van der Waals surface area (Å²) >= 11 is 0. The van der Waals surface area contributed by atoms with Crippen molar-refractivity contribution in [3.8, 4) is 11.5 Å². The molecule has 2 aromatic carbocycles. The first-order chi connectivity index (χ1) is 8.33. The van der Waals surface area contributed by atoms with Gasteiger partial charge in [-0.05, 0) is 36.2 Å². The fourth-order valence-electron chi connectivity index (χ4n) is 1.63. The monoisotopic (exact) mass is 226 g/mol. The first kappa shape index (κ1) is 11.4. The Labute approximate surface area is 101 Å². The van der Waals surface area contributed by atoms with Gasteiger partial charge in [-0.2, -0.15) is 0 Å². The highest BCUT2D eigenvalue weighted by Gasteiger charge is 2.03. The number of hydrogen-bond acceptors (Lipinski definition) is 2. The quantitative estimate of drug-likeness (QED) is 0.740. The molecule has 0 saturated heterocycles. The molecule has 0 aliphatic heterocycles. The second kappa shape index (κ2) is 5.30. The Hall–Kier alpha value is -2.09. The van der Waals surface area contributed by atoms with Crippen LogP contribution in [0.1, 0.15) is 22.8 Å². The van der Waals surface area contributed by atoms with Gasteiger partial charge in [0.15, 0.2) is 6.29 Å². The molecule has 0 amide bonds. The molecule has 2 heteroatoms. The number of carbonyl (C=O) groups excluding carboxylic acids is 1. The summed E-state index contributed by atoms with van der Waals surface area (Å²) < 4.78 is 5.71. The van der Waals surface area contributed by atoms with Crippen LogP contribution in [0, 0.1) is 0 Å². The van der Waals surface area contributed by atoms with E-state index in [1.165, 1.54) is 5.56 Å². The van der Waals surface area contributed by atoms with Crippen LogP contribution < -0.4 is 4.74 Å². The maximum Gasteiger partial charge on any atom is 0.153 e. The average molecular weight is 226 g/mol. The molecule has 0 heterocycles. The highest BCUT2D eigenvalue weighted by atomic mass is 16.5. The lowest BCUT2D eigenvalue weighted by Gasteiger charge is -2.08. The molecular weight excluding hydrogens is 212 g/mol. The number of para-hydroxylation sites is 1. The molecule has 0 aromatic heterocycles. The first-order valence-corrected chi connectivity index (χ1v) is 5.64. The van der Waals surface area contributed by atoms with Gasteiger partial charge in [0, 0.05) is 0 Å². The van der Waals surface area contributed by atoms with Crippen molar-refractivity contribution < 1.29 is 9.53 Å². The lowest BCUT2D eigenvalue weighted by Crippen LogP contribution is -1.90. The number of aryl methyl sites for hydroxylation is 1. The molecule has 0 saturated carbocycles. The van der Waals surface area contributed by atoms with Gasteiger partial charge in [0.05, 0.1) is 5.56 Å². The topological polar surface area (TPSA) is 26.3 Å². The molecule has 0 fully saturated rings. The summed E-state index contributed by atoms with van der Waals surface area (Å²) in [5.41, 5.74) is 1.78. The van der Waals surface area contributed by atoms with Crippen LogP contribution in [0.15, 0.2) is 48.5 Å². The van der Waals surface area contributed by atoms with Gasteiger partial charge in [-0.1, -0.05) is 31.2 Å². The highest BCUT2D eigenvalue weighted by molar-refractivity contribution is 5.79. The van der Waals surface area contributed by atoms with Gasteiger partial charge in [-0.3, -0.25) is 4.79 Å². The normalized spacial score (nSPS) is 9.94. The van der Waals surface area contributed by atoms with Crippen LogP contribution in [0.2, 0.25) is 0 Å². The minimum Gasteiger partial charge on any atom is -0.457 e. The van der Waals surface area contributed by atoms with Crippen molar-refractivity contribution in [3.63, 3.8) is 0 Å². The molecule has 0 N–H and O–H groups in total. The maximum absolute atomic E-state index is 10.9. The first-order valence-electron chi connectivity index (χ1n) is 5.64. The van der Waals surface area contributed by atoms with Crippen LogP contribution in [0.25, 0.3) is 0 Å². The second-order valence-corrected chi connectivity index (χ2v) is 3.76. The van der Waals surface area contributed by atoms with E-state index < -0.39 is 0 Å². The van der Waals surface area contributed by atoms with Crippen molar-refractivity contribution in [2.75, 3.05) is 0 Å². The Bertz CT molecular complexity index is 518. The van der Waals surface area contributed by atoms with Gasteiger partial charge in [-0.15, -0.1) is 0 Å². The van der Waals surface area contributed by atoms with Gasteiger partial charge < -0.3 is 4.74 Å². The lowest BCUT2D eigenvalue weighted by atomic mass is 10.1. The minimum atomic E-state index is 0.564. The fourth-order valence-corrected chi connectivity index (χ4v) is 1.63. The number of benzene rings is 2. The number of hydrogen-bond donors (Lipinski definition) is 0. The van der Waals surface area contributed by atoms with Crippen molar-refractivity contribution in [2.45, 2.75) is 13.3 Å². The van der Waals surface area contributed by atoms with Crippen molar-refractivity contribution in [1.29, 1.82) is 0 Å². The Balaban J connectivity index is 2.27. The highest BCUT2D eigenvalue weighted by Crippen LogP contribution is 2.24. The Kier molecular flexibility index (Phi) is 3.55. The zero-order valence-electron chi connectivity index (χ0n) is 9.72. The summed E-state index contributed by atoms with van der Waals surface area (Å²) in [7, 11) is 0. The molecule has 86 valence electrons. The van der Waals surface area contributed by atoms with Gasteiger partial charge in [-0.25, -0.2) is 0 Å². The van der Waals surface area contributed by atoms with Crippen LogP contribution in [-0.2, 0) is 6.42 Å². The fraction of sp³-hybridized carbons (Fsp3) is 0.133. The van der Waals surface area contributed by atoms with E-state index in [0.29, 0.717) is 11.3 Å². The molecule has 0 aliphatic rings. The predicted octanol–water partition coefficient (Wildman–Crippen LogP) is 3.85. The van der Waals surface area contributed by atoms with Gasteiger partial charge >= 0.3 is 0 Å². The Morgan fingerprint density at radius 1 is 1.12 bits per heavy atom. The van der Waals surface area contributed by atoms with E-state index in [2.05, 4.69) is 13.0 Å². The zero-order chi connectivity index (χ0) is 12.1. The molecule has 0 bridgehead atoms. The van der Waals surface area contributed by atoms with E-state index in [-0.39, 0.29) is 0 Å². The largest absolute Gasteiger partial charge is 0.457 e. The van der Waals surface area contributed by atoms with E-state index in [1.54, 1.807) is 12.1 Å². The smallest absolute Gasteiger partial charge is 0.153 e. The summed E-state index contributed by atoms with van der Waals surface area (Å²) in [6, 6.07) is 15.1. The van der Waals surface area contributed by atoms with Crippen molar-refractivity contribution >= 4 is 6.29 Å². The van der Waals surface area contributed by atoms with E-state index in [0.717, 1.165) is 18.5 Å². The Morgan fingerprint density at radius 3 is 2.71 bits per heavy atom. The van der Waals surface area contributed by atoms with E-state index in [9.17, 15) is 4.79 Å². The van der Waals surface area contributed by atoms with Crippen molar-refractivity contribution in [3.05, 3.63) is 59.7 Å². The number of ether oxygens (including phenoxy) is 1. The second-order valence-electron chi connectivity index (χ2n) is 3.76. The standard InChI is InChI=1S/C15H14O2/c1-2-12-6-5-8-14(10-12)17-15-9-4-3-7-13(15)11-16/h3-11H,2H2,1H3. The number of rotatable bonds is 4. The molecule has 0 aliphatic carbocycles. The number of aldehydes is 1. The molecule has 2 nitrogen and oxygen atoms in total. The SMILES string of the molecule is CCc1cccc(Oc2ccccc2C=O)c1. The lowest BCUT2D eigenvalue weighted by molar-refractivity contribution is 0.112. The molecule has 0 atom stereocenters. The number of carbonyl (C=O) groups is 1. The summed E-state index contributed by atoms with van der Waals surface area (Å²) in [4.78, 5) is 10.9. The van der Waals surface area contributed by atoms with E-state index >= 15 is 0 Å². The summed E-state index contributed by atoms with van der Waals surface area (Å²) in [5.74, 6) is 1.36. The van der Waals surface area contributed by atoms with Gasteiger partial charge in [0.1, 0.15) is 11.5 Å². The van der Waals surface area contributed by atoms with Crippen molar-refractivity contribution in [1.82, 2.24) is 0 Å². The molecule has 2 aromatic rings. The average Bonchev–Trinajstić information content (AvgIpc) is 2.39. The molecular formula is C15H14O2. The van der Waals surface area contributed by atoms with Crippen molar-refractivity contribution in [2.24, 2.45) is 0 Å². The molecule has 17 heavy (non-hydrogen) atoms.